The first kappa shape index (κ1) is 12.8. The zero-order chi connectivity index (χ0) is 13.1. The van der Waals surface area contributed by atoms with E-state index < -0.39 is 0 Å². The average molecular weight is 277 g/mol. The predicted molar refractivity (Wildman–Crippen MR) is 79.0 cm³/mol. The second kappa shape index (κ2) is 5.81. The van der Waals surface area contributed by atoms with Gasteiger partial charge >= 0.3 is 0 Å². The maximum Gasteiger partial charge on any atom is 0.152 e. The molecule has 6 heteroatoms. The standard InChI is InChI=1S/C13H19N5S/c14-17-12-10-5-8-19-13(10)16-11(15-12)9-18-6-3-1-2-4-7-18/h5,8H,1-4,6-7,9,14H2,(H,15,16,17). The van der Waals surface area contributed by atoms with Crippen LogP contribution in [-0.2, 0) is 6.54 Å². The molecule has 5 nitrogen and oxygen atoms in total. The molecular formula is C13H19N5S. The molecule has 0 aromatic carbocycles. The lowest BCUT2D eigenvalue weighted by Gasteiger charge is -2.18. The van der Waals surface area contributed by atoms with E-state index in [4.69, 9.17) is 5.84 Å². The van der Waals surface area contributed by atoms with Gasteiger partial charge in [0.15, 0.2) is 5.82 Å². The lowest BCUT2D eigenvalue weighted by atomic mass is 10.2. The van der Waals surface area contributed by atoms with Crippen LogP contribution in [0.1, 0.15) is 31.5 Å². The predicted octanol–water partition coefficient (Wildman–Crippen LogP) is 2.35. The van der Waals surface area contributed by atoms with E-state index in [1.165, 1.54) is 25.7 Å². The van der Waals surface area contributed by atoms with E-state index in [0.717, 1.165) is 41.5 Å². The topological polar surface area (TPSA) is 67.1 Å². The summed E-state index contributed by atoms with van der Waals surface area (Å²) < 4.78 is 0. The maximum absolute atomic E-state index is 5.55. The Morgan fingerprint density at radius 3 is 2.74 bits per heavy atom. The third-order valence-electron chi connectivity index (χ3n) is 3.57. The number of likely N-dealkylation sites (tertiary alicyclic amines) is 1. The number of nitrogens with two attached hydrogens (primary N) is 1. The van der Waals surface area contributed by atoms with Crippen molar-refractivity contribution in [1.82, 2.24) is 14.9 Å². The van der Waals surface area contributed by atoms with Gasteiger partial charge in [0.2, 0.25) is 0 Å². The number of rotatable bonds is 3. The zero-order valence-corrected chi connectivity index (χ0v) is 11.7. The van der Waals surface area contributed by atoms with E-state index >= 15 is 0 Å². The van der Waals surface area contributed by atoms with Crippen molar-refractivity contribution in [2.75, 3.05) is 18.5 Å². The number of thiophene rings is 1. The molecule has 0 spiro atoms. The third-order valence-corrected chi connectivity index (χ3v) is 4.38. The molecular weight excluding hydrogens is 258 g/mol. The van der Waals surface area contributed by atoms with Crippen LogP contribution < -0.4 is 11.3 Å². The summed E-state index contributed by atoms with van der Waals surface area (Å²) in [6.45, 7) is 3.12. The minimum absolute atomic E-state index is 0.732. The first-order valence-corrected chi connectivity index (χ1v) is 7.68. The number of nitrogens with zero attached hydrogens (tertiary/aromatic N) is 3. The second-order valence-electron chi connectivity index (χ2n) is 4.96. The van der Waals surface area contributed by atoms with Crippen LogP contribution in [0, 0.1) is 0 Å². The van der Waals surface area contributed by atoms with Gasteiger partial charge in [0.25, 0.3) is 0 Å². The van der Waals surface area contributed by atoms with Gasteiger partial charge in [-0.25, -0.2) is 15.8 Å². The monoisotopic (exact) mass is 277 g/mol. The number of hydrogen-bond acceptors (Lipinski definition) is 6. The fourth-order valence-electron chi connectivity index (χ4n) is 2.57. The minimum Gasteiger partial charge on any atom is -0.308 e. The number of nitrogens with one attached hydrogen (secondary N) is 1. The van der Waals surface area contributed by atoms with Gasteiger partial charge in [-0.3, -0.25) is 4.90 Å². The van der Waals surface area contributed by atoms with Gasteiger partial charge in [0.05, 0.1) is 11.9 Å². The molecule has 0 amide bonds. The average Bonchev–Trinajstić information content (AvgIpc) is 2.75. The van der Waals surface area contributed by atoms with Crippen LogP contribution in [0.25, 0.3) is 10.2 Å². The summed E-state index contributed by atoms with van der Waals surface area (Å²) in [6, 6.07) is 2.00. The van der Waals surface area contributed by atoms with Crippen LogP contribution >= 0.6 is 11.3 Å². The van der Waals surface area contributed by atoms with Crippen LogP contribution in [0.4, 0.5) is 5.82 Å². The Bertz CT molecular complexity index is 545. The van der Waals surface area contributed by atoms with Crippen molar-refractivity contribution in [2.24, 2.45) is 5.84 Å². The molecule has 19 heavy (non-hydrogen) atoms. The highest BCUT2D eigenvalue weighted by Gasteiger charge is 2.13. The highest BCUT2D eigenvalue weighted by molar-refractivity contribution is 7.16. The molecule has 1 saturated heterocycles. The minimum atomic E-state index is 0.732. The van der Waals surface area contributed by atoms with Crippen molar-refractivity contribution in [3.63, 3.8) is 0 Å². The highest BCUT2D eigenvalue weighted by Crippen LogP contribution is 2.25. The Morgan fingerprint density at radius 1 is 1.21 bits per heavy atom. The largest absolute Gasteiger partial charge is 0.308 e. The number of hydrazine groups is 1. The van der Waals surface area contributed by atoms with E-state index in [9.17, 15) is 0 Å². The molecule has 3 heterocycles. The van der Waals surface area contributed by atoms with Crippen LogP contribution in [0.5, 0.6) is 0 Å². The molecule has 0 aliphatic carbocycles. The lowest BCUT2D eigenvalue weighted by molar-refractivity contribution is 0.270. The van der Waals surface area contributed by atoms with Gasteiger partial charge in [0, 0.05) is 0 Å². The fraction of sp³-hybridized carbons (Fsp3) is 0.538. The van der Waals surface area contributed by atoms with E-state index in [1.807, 2.05) is 11.4 Å². The third kappa shape index (κ3) is 2.86. The Kier molecular flexibility index (Phi) is 3.91. The molecule has 0 bridgehead atoms. The zero-order valence-electron chi connectivity index (χ0n) is 10.9. The molecule has 3 rings (SSSR count). The van der Waals surface area contributed by atoms with Crippen molar-refractivity contribution < 1.29 is 0 Å². The van der Waals surface area contributed by atoms with E-state index in [2.05, 4.69) is 20.3 Å². The molecule has 0 atom stereocenters. The normalized spacial score (nSPS) is 17.5. The SMILES string of the molecule is NNc1nc(CN2CCCCCC2)nc2sccc12. The highest BCUT2D eigenvalue weighted by atomic mass is 32.1. The number of anilines is 1. The Balaban J connectivity index is 1.83. The van der Waals surface area contributed by atoms with Crippen LogP contribution in [0.3, 0.4) is 0 Å². The van der Waals surface area contributed by atoms with E-state index in [0.29, 0.717) is 0 Å². The summed E-state index contributed by atoms with van der Waals surface area (Å²) in [5.74, 6) is 7.15. The molecule has 1 fully saturated rings. The second-order valence-corrected chi connectivity index (χ2v) is 5.86. The van der Waals surface area contributed by atoms with Gasteiger partial charge < -0.3 is 5.43 Å². The summed E-state index contributed by atoms with van der Waals surface area (Å²) in [5, 5.41) is 3.03. The van der Waals surface area contributed by atoms with Gasteiger partial charge in [0.1, 0.15) is 10.7 Å². The van der Waals surface area contributed by atoms with Gasteiger partial charge in [-0.2, -0.15) is 0 Å². The molecule has 1 aliphatic heterocycles. The molecule has 2 aromatic rings. The number of fused-ring (bicyclic) bond motifs is 1. The Labute approximate surface area is 116 Å². The first-order valence-electron chi connectivity index (χ1n) is 6.80. The smallest absolute Gasteiger partial charge is 0.152 e. The lowest BCUT2D eigenvalue weighted by Crippen LogP contribution is -2.25. The number of aromatic nitrogens is 2. The summed E-state index contributed by atoms with van der Waals surface area (Å²) >= 11 is 1.63. The van der Waals surface area contributed by atoms with Crippen LogP contribution in [-0.4, -0.2) is 28.0 Å². The van der Waals surface area contributed by atoms with Gasteiger partial charge in [-0.15, -0.1) is 11.3 Å². The molecule has 0 saturated carbocycles. The summed E-state index contributed by atoms with van der Waals surface area (Å²) in [5.41, 5.74) is 2.68. The molecule has 102 valence electrons. The van der Waals surface area contributed by atoms with Gasteiger partial charge in [-0.1, -0.05) is 12.8 Å². The summed E-state index contributed by atoms with van der Waals surface area (Å²) in [7, 11) is 0. The summed E-state index contributed by atoms with van der Waals surface area (Å²) in [4.78, 5) is 12.6. The van der Waals surface area contributed by atoms with Crippen molar-refractivity contribution >= 4 is 27.4 Å². The van der Waals surface area contributed by atoms with Crippen molar-refractivity contribution in [2.45, 2.75) is 32.2 Å². The number of nitrogen functional groups attached to an aromatic ring is 1. The summed E-state index contributed by atoms with van der Waals surface area (Å²) in [6.07, 6.45) is 5.25. The Morgan fingerprint density at radius 2 is 2.00 bits per heavy atom. The first-order chi connectivity index (χ1) is 9.36. The molecule has 0 radical (unpaired) electrons. The molecule has 1 aliphatic rings. The molecule has 3 N–H and O–H groups in total. The number of hydrogen-bond donors (Lipinski definition) is 2. The molecule has 0 unspecified atom stereocenters. The van der Waals surface area contributed by atoms with Crippen LogP contribution in [0.2, 0.25) is 0 Å². The fourth-order valence-corrected chi connectivity index (χ4v) is 3.36. The van der Waals surface area contributed by atoms with Crippen molar-refractivity contribution in [3.8, 4) is 0 Å². The van der Waals surface area contributed by atoms with Crippen molar-refractivity contribution in [3.05, 3.63) is 17.3 Å². The van der Waals surface area contributed by atoms with E-state index in [1.54, 1.807) is 11.3 Å². The van der Waals surface area contributed by atoms with Crippen molar-refractivity contribution in [1.29, 1.82) is 0 Å². The maximum atomic E-state index is 5.55. The van der Waals surface area contributed by atoms with Gasteiger partial charge in [-0.05, 0) is 37.4 Å². The van der Waals surface area contributed by atoms with Crippen LogP contribution in [0.15, 0.2) is 11.4 Å². The molecule has 2 aromatic heterocycles. The Hall–Kier alpha value is -1.24. The van der Waals surface area contributed by atoms with E-state index in [-0.39, 0.29) is 0 Å². The quantitative estimate of drug-likeness (QED) is 0.666.